The molecular formula is C22H20N4O2. The molecule has 2 aliphatic rings. The SMILES string of the molecule is CN1C2=C(C(=O)CNC2)C(c2cccc(Oc3ccccc3)c2)c2c[nH]nc21. The molecule has 6 heteroatoms. The number of Topliss-reactive ketones (excluding diaryl/α,β-unsaturated/α-hetero) is 1. The molecule has 0 radical (unpaired) electrons. The van der Waals surface area contributed by atoms with Crippen LogP contribution in [0.25, 0.3) is 0 Å². The van der Waals surface area contributed by atoms with Gasteiger partial charge in [-0.05, 0) is 29.8 Å². The summed E-state index contributed by atoms with van der Waals surface area (Å²) in [5.41, 5.74) is 3.85. The third-order valence-corrected chi connectivity index (χ3v) is 5.33. The third kappa shape index (κ3) is 2.70. The first-order chi connectivity index (χ1) is 13.7. The minimum atomic E-state index is -0.158. The summed E-state index contributed by atoms with van der Waals surface area (Å²) in [5, 5.41) is 10.6. The van der Waals surface area contributed by atoms with Gasteiger partial charge in [0.15, 0.2) is 11.6 Å². The molecule has 2 aliphatic heterocycles. The van der Waals surface area contributed by atoms with Crippen LogP contribution in [0.2, 0.25) is 0 Å². The average Bonchev–Trinajstić information content (AvgIpc) is 3.20. The van der Waals surface area contributed by atoms with Gasteiger partial charge in [0.1, 0.15) is 11.5 Å². The number of aromatic amines is 1. The molecule has 140 valence electrons. The van der Waals surface area contributed by atoms with E-state index < -0.39 is 0 Å². The minimum Gasteiger partial charge on any atom is -0.457 e. The van der Waals surface area contributed by atoms with Gasteiger partial charge in [0.2, 0.25) is 0 Å². The molecule has 0 amide bonds. The molecule has 0 fully saturated rings. The number of para-hydroxylation sites is 1. The van der Waals surface area contributed by atoms with Gasteiger partial charge in [0.05, 0.1) is 6.54 Å². The Morgan fingerprint density at radius 1 is 1.07 bits per heavy atom. The zero-order valence-corrected chi connectivity index (χ0v) is 15.5. The van der Waals surface area contributed by atoms with Crippen molar-refractivity contribution in [1.82, 2.24) is 15.5 Å². The van der Waals surface area contributed by atoms with Crippen LogP contribution < -0.4 is 15.0 Å². The van der Waals surface area contributed by atoms with Gasteiger partial charge in [-0.1, -0.05) is 30.3 Å². The van der Waals surface area contributed by atoms with E-state index in [-0.39, 0.29) is 11.7 Å². The van der Waals surface area contributed by atoms with Crippen LogP contribution in [0.15, 0.2) is 72.1 Å². The molecule has 0 spiro atoms. The van der Waals surface area contributed by atoms with E-state index in [2.05, 4.69) is 15.5 Å². The molecule has 2 N–H and O–H groups in total. The molecule has 3 aromatic rings. The van der Waals surface area contributed by atoms with E-state index in [9.17, 15) is 4.79 Å². The van der Waals surface area contributed by atoms with Crippen LogP contribution >= 0.6 is 0 Å². The molecule has 1 atom stereocenters. The Balaban J connectivity index is 1.60. The first-order valence-electron chi connectivity index (χ1n) is 9.29. The van der Waals surface area contributed by atoms with Crippen molar-refractivity contribution in [3.8, 4) is 11.5 Å². The summed E-state index contributed by atoms with van der Waals surface area (Å²) in [6.45, 7) is 1.01. The highest BCUT2D eigenvalue weighted by molar-refractivity contribution is 6.02. The standard InChI is InChI=1S/C22H20N4O2/c1-26-18-12-23-13-19(27)21(18)20(17-11-24-25-22(17)26)14-6-5-9-16(10-14)28-15-7-3-2-4-8-15/h2-11,20,23H,12-13H2,1H3,(H,24,25). The van der Waals surface area contributed by atoms with Crippen molar-refractivity contribution in [2.24, 2.45) is 0 Å². The lowest BCUT2D eigenvalue weighted by molar-refractivity contribution is -0.115. The fourth-order valence-corrected chi connectivity index (χ4v) is 4.06. The Morgan fingerprint density at radius 3 is 2.75 bits per heavy atom. The maximum absolute atomic E-state index is 12.9. The number of ether oxygens (including phenoxy) is 1. The van der Waals surface area contributed by atoms with E-state index in [0.29, 0.717) is 13.1 Å². The van der Waals surface area contributed by atoms with Crippen LogP contribution in [0.5, 0.6) is 11.5 Å². The van der Waals surface area contributed by atoms with Gasteiger partial charge >= 0.3 is 0 Å². The molecule has 0 saturated carbocycles. The monoisotopic (exact) mass is 372 g/mol. The lowest BCUT2D eigenvalue weighted by atomic mass is 9.79. The lowest BCUT2D eigenvalue weighted by Crippen LogP contribution is -2.42. The van der Waals surface area contributed by atoms with Crippen molar-refractivity contribution >= 4 is 11.6 Å². The molecular weight excluding hydrogens is 352 g/mol. The van der Waals surface area contributed by atoms with Gasteiger partial charge < -0.3 is 15.0 Å². The summed E-state index contributed by atoms with van der Waals surface area (Å²) in [6, 6.07) is 17.7. The van der Waals surface area contributed by atoms with Crippen LogP contribution in [0.4, 0.5) is 5.82 Å². The minimum absolute atomic E-state index is 0.124. The fraction of sp³-hybridized carbons (Fsp3) is 0.182. The van der Waals surface area contributed by atoms with E-state index in [1.807, 2.05) is 72.7 Å². The molecule has 1 aromatic heterocycles. The first kappa shape index (κ1) is 16.8. The van der Waals surface area contributed by atoms with Gasteiger partial charge in [0.25, 0.3) is 0 Å². The number of nitrogens with zero attached hydrogens (tertiary/aromatic N) is 2. The number of carbonyl (C=O) groups is 1. The largest absolute Gasteiger partial charge is 0.457 e. The summed E-state index contributed by atoms with van der Waals surface area (Å²) in [7, 11) is 1.96. The Morgan fingerprint density at radius 2 is 1.89 bits per heavy atom. The van der Waals surface area contributed by atoms with Gasteiger partial charge in [-0.25, -0.2) is 0 Å². The second kappa shape index (κ2) is 6.65. The molecule has 0 bridgehead atoms. The summed E-state index contributed by atoms with van der Waals surface area (Å²) in [6.07, 6.45) is 1.89. The van der Waals surface area contributed by atoms with E-state index in [4.69, 9.17) is 4.74 Å². The van der Waals surface area contributed by atoms with Crippen LogP contribution in [0.3, 0.4) is 0 Å². The Labute approximate surface area is 162 Å². The Hall–Kier alpha value is -3.38. The summed E-state index contributed by atoms with van der Waals surface area (Å²) < 4.78 is 6.02. The highest BCUT2D eigenvalue weighted by atomic mass is 16.5. The predicted molar refractivity (Wildman–Crippen MR) is 107 cm³/mol. The summed E-state index contributed by atoms with van der Waals surface area (Å²) >= 11 is 0. The highest BCUT2D eigenvalue weighted by Gasteiger charge is 2.38. The van der Waals surface area contributed by atoms with E-state index >= 15 is 0 Å². The molecule has 0 saturated heterocycles. The number of H-pyrrole nitrogens is 1. The maximum atomic E-state index is 12.9. The topological polar surface area (TPSA) is 70.2 Å². The smallest absolute Gasteiger partial charge is 0.175 e. The van der Waals surface area contributed by atoms with Gasteiger partial charge in [0, 0.05) is 42.5 Å². The zero-order valence-electron chi connectivity index (χ0n) is 15.5. The number of nitrogens with one attached hydrogen (secondary N) is 2. The molecule has 1 unspecified atom stereocenters. The Bertz CT molecular complexity index is 1070. The molecule has 2 aromatic carbocycles. The number of hydrogen-bond acceptors (Lipinski definition) is 5. The molecule has 3 heterocycles. The highest BCUT2D eigenvalue weighted by Crippen LogP contribution is 2.44. The van der Waals surface area contributed by atoms with Crippen molar-refractivity contribution < 1.29 is 9.53 Å². The van der Waals surface area contributed by atoms with E-state index in [1.165, 1.54) is 0 Å². The summed E-state index contributed by atoms with van der Waals surface area (Å²) in [5.74, 6) is 2.35. The number of likely N-dealkylation sites (N-methyl/N-ethyl adjacent to an activating group) is 1. The fourth-order valence-electron chi connectivity index (χ4n) is 4.06. The van der Waals surface area contributed by atoms with Crippen LogP contribution in [-0.4, -0.2) is 36.1 Å². The Kier molecular flexibility index (Phi) is 3.98. The normalized spacial score (nSPS) is 18.7. The number of hydrogen-bond donors (Lipinski definition) is 2. The number of aromatic nitrogens is 2. The number of anilines is 1. The maximum Gasteiger partial charge on any atom is 0.175 e. The second-order valence-electron chi connectivity index (χ2n) is 7.03. The molecule has 28 heavy (non-hydrogen) atoms. The predicted octanol–water partition coefficient (Wildman–Crippen LogP) is 3.21. The van der Waals surface area contributed by atoms with Crippen molar-refractivity contribution in [2.45, 2.75) is 5.92 Å². The quantitative estimate of drug-likeness (QED) is 0.739. The number of ketones is 1. The van der Waals surface area contributed by atoms with E-state index in [0.717, 1.165) is 39.7 Å². The van der Waals surface area contributed by atoms with Crippen molar-refractivity contribution in [2.75, 3.05) is 25.0 Å². The number of fused-ring (bicyclic) bond motifs is 1. The van der Waals surface area contributed by atoms with Crippen molar-refractivity contribution in [3.05, 3.63) is 83.2 Å². The second-order valence-corrected chi connectivity index (χ2v) is 7.03. The van der Waals surface area contributed by atoms with Crippen molar-refractivity contribution in [1.29, 1.82) is 0 Å². The first-order valence-corrected chi connectivity index (χ1v) is 9.29. The molecule has 5 rings (SSSR count). The lowest BCUT2D eigenvalue weighted by Gasteiger charge is -2.36. The number of carbonyl (C=O) groups excluding carboxylic acids is 1. The zero-order chi connectivity index (χ0) is 19.1. The number of benzene rings is 2. The molecule has 0 aliphatic carbocycles. The van der Waals surface area contributed by atoms with Gasteiger partial charge in [-0.3, -0.25) is 9.89 Å². The third-order valence-electron chi connectivity index (χ3n) is 5.33. The molecule has 6 nitrogen and oxygen atoms in total. The van der Waals surface area contributed by atoms with Crippen LogP contribution in [-0.2, 0) is 4.79 Å². The van der Waals surface area contributed by atoms with Gasteiger partial charge in [-0.15, -0.1) is 0 Å². The van der Waals surface area contributed by atoms with Crippen LogP contribution in [0.1, 0.15) is 17.0 Å². The van der Waals surface area contributed by atoms with E-state index in [1.54, 1.807) is 0 Å². The van der Waals surface area contributed by atoms with Gasteiger partial charge in [-0.2, -0.15) is 5.10 Å². The van der Waals surface area contributed by atoms with Crippen LogP contribution in [0, 0.1) is 0 Å². The average molecular weight is 372 g/mol. The summed E-state index contributed by atoms with van der Waals surface area (Å²) in [4.78, 5) is 14.9. The van der Waals surface area contributed by atoms with Crippen molar-refractivity contribution in [3.63, 3.8) is 0 Å². The number of rotatable bonds is 3.